The highest BCUT2D eigenvalue weighted by atomic mass is 16.5. The van der Waals surface area contributed by atoms with Crippen LogP contribution in [0, 0.1) is 5.92 Å². The molecule has 44 heavy (non-hydrogen) atoms. The number of carbonyl (C=O) groups is 2. The number of hydrogen-bond donors (Lipinski definition) is 3. The monoisotopic (exact) mass is 620 g/mol. The van der Waals surface area contributed by atoms with Gasteiger partial charge in [-0.25, -0.2) is 0 Å². The number of rotatable bonds is 9. The van der Waals surface area contributed by atoms with Gasteiger partial charge in [-0.1, -0.05) is 26.0 Å². The number of amides is 2. The Bertz CT molecular complexity index is 987. The van der Waals surface area contributed by atoms with Crippen LogP contribution in [0.2, 0.25) is 0 Å². The molecule has 3 rings (SSSR count). The molecule has 0 aliphatic carbocycles. The molecule has 11 heteroatoms. The predicted octanol–water partition coefficient (Wildman–Crippen LogP) is 1.89. The Morgan fingerprint density at radius 1 is 1.05 bits per heavy atom. The number of benzene rings is 1. The van der Waals surface area contributed by atoms with Crippen molar-refractivity contribution < 1.29 is 34.0 Å². The molecule has 2 heterocycles. The summed E-state index contributed by atoms with van der Waals surface area (Å²) in [5.41, 5.74) is 1.26. The van der Waals surface area contributed by atoms with E-state index in [0.29, 0.717) is 32.0 Å². The van der Waals surface area contributed by atoms with Crippen LogP contribution in [0.15, 0.2) is 24.3 Å². The van der Waals surface area contributed by atoms with Gasteiger partial charge in [0, 0.05) is 58.9 Å². The number of aliphatic hydroxyl groups excluding tert-OH is 2. The fourth-order valence-electron chi connectivity index (χ4n) is 6.13. The normalized spacial score (nSPS) is 25.5. The van der Waals surface area contributed by atoms with Gasteiger partial charge in [0.2, 0.25) is 11.8 Å². The van der Waals surface area contributed by atoms with Crippen LogP contribution in [-0.4, -0.2) is 134 Å². The summed E-state index contributed by atoms with van der Waals surface area (Å²) < 4.78 is 16.4. The topological polar surface area (TPSA) is 124 Å². The molecular formula is C33H56N4O7. The zero-order chi connectivity index (χ0) is 32.1. The molecule has 250 valence electrons. The van der Waals surface area contributed by atoms with Gasteiger partial charge in [0.1, 0.15) is 24.1 Å². The van der Waals surface area contributed by atoms with Gasteiger partial charge < -0.3 is 39.5 Å². The second-order valence-corrected chi connectivity index (χ2v) is 12.7. The van der Waals surface area contributed by atoms with Crippen LogP contribution in [0.4, 0.5) is 0 Å². The van der Waals surface area contributed by atoms with Crippen LogP contribution >= 0.6 is 0 Å². The average Bonchev–Trinajstić information content (AvgIpc) is 3.01. The Labute approximate surface area is 263 Å². The lowest BCUT2D eigenvalue weighted by molar-refractivity contribution is -0.142. The lowest BCUT2D eigenvalue weighted by atomic mass is 10.00. The molecule has 2 saturated heterocycles. The summed E-state index contributed by atoms with van der Waals surface area (Å²) in [5, 5.41) is 24.7. The molecule has 4 atom stereocenters. The molecule has 2 aliphatic rings. The van der Waals surface area contributed by atoms with Crippen LogP contribution in [-0.2, 0) is 25.6 Å². The molecule has 0 spiro atoms. The van der Waals surface area contributed by atoms with Crippen molar-refractivity contribution in [3.63, 3.8) is 0 Å². The van der Waals surface area contributed by atoms with Gasteiger partial charge in [0.25, 0.3) is 0 Å². The second-order valence-electron chi connectivity index (χ2n) is 12.7. The van der Waals surface area contributed by atoms with Crippen LogP contribution in [0.25, 0.3) is 0 Å². The third-order valence-corrected chi connectivity index (χ3v) is 8.78. The zero-order valence-electron chi connectivity index (χ0n) is 27.5. The van der Waals surface area contributed by atoms with Gasteiger partial charge in [0.05, 0.1) is 20.3 Å². The van der Waals surface area contributed by atoms with E-state index in [-0.39, 0.29) is 43.6 Å². The molecule has 0 unspecified atom stereocenters. The van der Waals surface area contributed by atoms with Crippen molar-refractivity contribution in [2.75, 3.05) is 66.7 Å². The standard InChI is InChI=1S/C33H56N4O7/c1-24(2)18-28-21-36(25(3)38)22-31(43-5)33(41)30(39)23-44-17-7-6-14-37(28)32(40)19-34-27-12-15-35(16-13-27)20-26-8-10-29(42-4)11-9-26/h8-11,24,27-28,30-31,33-34,39,41H,6-7,12-23H2,1-5H3/t28-,30-,31-,33-/m1/s1. The minimum Gasteiger partial charge on any atom is -0.497 e. The number of carbonyl (C=O) groups excluding carboxylic acids is 2. The van der Waals surface area contributed by atoms with Crippen molar-refractivity contribution in [3.8, 4) is 5.75 Å². The Kier molecular flexibility index (Phi) is 15.3. The van der Waals surface area contributed by atoms with E-state index in [4.69, 9.17) is 14.2 Å². The van der Waals surface area contributed by atoms with Gasteiger partial charge in [-0.05, 0) is 68.8 Å². The lowest BCUT2D eigenvalue weighted by Gasteiger charge is -2.39. The summed E-state index contributed by atoms with van der Waals surface area (Å²) in [4.78, 5) is 32.6. The highest BCUT2D eigenvalue weighted by Crippen LogP contribution is 2.19. The number of hydrogen-bond acceptors (Lipinski definition) is 9. The summed E-state index contributed by atoms with van der Waals surface area (Å²) in [7, 11) is 3.13. The number of methoxy groups -OCH3 is 2. The van der Waals surface area contributed by atoms with Crippen LogP contribution in [0.5, 0.6) is 5.75 Å². The highest BCUT2D eigenvalue weighted by Gasteiger charge is 2.33. The van der Waals surface area contributed by atoms with Crippen molar-refractivity contribution in [2.24, 2.45) is 5.92 Å². The minimum absolute atomic E-state index is 0.0252. The summed E-state index contributed by atoms with van der Waals surface area (Å²) in [5.74, 6) is 1.03. The first-order valence-corrected chi connectivity index (χ1v) is 16.2. The van der Waals surface area contributed by atoms with E-state index in [9.17, 15) is 19.8 Å². The molecule has 0 radical (unpaired) electrons. The maximum absolute atomic E-state index is 13.8. The third kappa shape index (κ3) is 11.6. The van der Waals surface area contributed by atoms with Gasteiger partial charge in [0.15, 0.2) is 0 Å². The SMILES string of the molecule is COc1ccc(CN2CCC(NCC(=O)N3CCCCOC[C@@H](O)[C@@H](O)[C@H](OC)CN(C(C)=O)C[C@H]3CC(C)C)CC2)cc1. The number of ether oxygens (including phenoxy) is 3. The molecular weight excluding hydrogens is 564 g/mol. The summed E-state index contributed by atoms with van der Waals surface area (Å²) in [6, 6.07) is 8.28. The molecule has 1 aromatic carbocycles. The van der Waals surface area contributed by atoms with Gasteiger partial charge >= 0.3 is 0 Å². The van der Waals surface area contributed by atoms with Crippen molar-refractivity contribution >= 4 is 11.8 Å². The van der Waals surface area contributed by atoms with Gasteiger partial charge in [-0.15, -0.1) is 0 Å². The third-order valence-electron chi connectivity index (χ3n) is 8.78. The molecule has 0 aromatic heterocycles. The quantitative estimate of drug-likeness (QED) is 0.380. The van der Waals surface area contributed by atoms with Crippen LogP contribution in [0.3, 0.4) is 0 Å². The van der Waals surface area contributed by atoms with Gasteiger partial charge in [-0.2, -0.15) is 0 Å². The van der Waals surface area contributed by atoms with Gasteiger partial charge in [-0.3, -0.25) is 14.5 Å². The van der Waals surface area contributed by atoms with E-state index in [1.54, 1.807) is 12.0 Å². The molecule has 2 aliphatic heterocycles. The Hall–Kier alpha value is -2.28. The van der Waals surface area contributed by atoms with Crippen LogP contribution in [0.1, 0.15) is 58.4 Å². The molecule has 2 amide bonds. The van der Waals surface area contributed by atoms with E-state index >= 15 is 0 Å². The summed E-state index contributed by atoms with van der Waals surface area (Å²) in [6.45, 7) is 10.2. The Morgan fingerprint density at radius 2 is 1.75 bits per heavy atom. The molecule has 3 N–H and O–H groups in total. The fourth-order valence-corrected chi connectivity index (χ4v) is 6.13. The maximum atomic E-state index is 13.8. The highest BCUT2D eigenvalue weighted by molar-refractivity contribution is 5.79. The van der Waals surface area contributed by atoms with Crippen LogP contribution < -0.4 is 10.1 Å². The molecule has 0 bridgehead atoms. The maximum Gasteiger partial charge on any atom is 0.236 e. The van der Waals surface area contributed by atoms with E-state index in [1.807, 2.05) is 17.0 Å². The average molecular weight is 621 g/mol. The predicted molar refractivity (Wildman–Crippen MR) is 169 cm³/mol. The molecule has 2 fully saturated rings. The fraction of sp³-hybridized carbons (Fsp3) is 0.758. The first-order valence-electron chi connectivity index (χ1n) is 16.2. The first kappa shape index (κ1) is 36.2. The number of likely N-dealkylation sites (tertiary alicyclic amines) is 1. The van der Waals surface area contributed by atoms with Crippen molar-refractivity contribution in [1.82, 2.24) is 20.0 Å². The number of nitrogens with one attached hydrogen (secondary N) is 1. The molecule has 0 saturated carbocycles. The van der Waals surface area contributed by atoms with E-state index in [1.165, 1.54) is 19.6 Å². The summed E-state index contributed by atoms with van der Waals surface area (Å²) >= 11 is 0. The Morgan fingerprint density at radius 3 is 2.36 bits per heavy atom. The minimum atomic E-state index is -1.21. The largest absolute Gasteiger partial charge is 0.497 e. The smallest absolute Gasteiger partial charge is 0.236 e. The summed E-state index contributed by atoms with van der Waals surface area (Å²) in [6.07, 6.45) is 1.01. The van der Waals surface area contributed by atoms with Crippen molar-refractivity contribution in [3.05, 3.63) is 29.8 Å². The molecule has 11 nitrogen and oxygen atoms in total. The van der Waals surface area contributed by atoms with Crippen molar-refractivity contribution in [1.29, 1.82) is 0 Å². The zero-order valence-corrected chi connectivity index (χ0v) is 27.5. The number of piperidine rings is 1. The van der Waals surface area contributed by atoms with E-state index < -0.39 is 18.3 Å². The van der Waals surface area contributed by atoms with E-state index in [0.717, 1.165) is 51.1 Å². The second kappa shape index (κ2) is 18.6. The van der Waals surface area contributed by atoms with Crippen molar-refractivity contribution in [2.45, 2.75) is 89.8 Å². The first-order chi connectivity index (χ1) is 21.1. The van der Waals surface area contributed by atoms with E-state index in [2.05, 4.69) is 36.2 Å². The lowest BCUT2D eigenvalue weighted by Crippen LogP contribution is -2.55. The number of nitrogens with zero attached hydrogens (tertiary/aromatic N) is 3. The Balaban J connectivity index is 1.64. The number of aliphatic hydroxyl groups is 2. The molecule has 1 aromatic rings.